The molecule has 0 bridgehead atoms. The van der Waals surface area contributed by atoms with Crippen molar-refractivity contribution >= 4 is 29.0 Å². The molecule has 164 valence electrons. The molecule has 0 fully saturated rings. The zero-order valence-corrected chi connectivity index (χ0v) is 18.8. The highest BCUT2D eigenvalue weighted by molar-refractivity contribution is 7.71. The summed E-state index contributed by atoms with van der Waals surface area (Å²) < 4.78 is 9.17. The number of carbonyl (C=O) groups excluding carboxylic acids is 1. The minimum Gasteiger partial charge on any atom is -0.496 e. The molecule has 1 unspecified atom stereocenters. The van der Waals surface area contributed by atoms with Gasteiger partial charge in [-0.25, -0.2) is 4.98 Å². The second-order valence-electron chi connectivity index (χ2n) is 7.28. The van der Waals surface area contributed by atoms with Crippen molar-refractivity contribution in [3.05, 3.63) is 86.9 Å². The summed E-state index contributed by atoms with van der Waals surface area (Å²) in [7, 11) is 3.45. The number of benzene rings is 2. The molecule has 2 aromatic heterocycles. The molecule has 0 saturated heterocycles. The van der Waals surface area contributed by atoms with Gasteiger partial charge in [-0.2, -0.15) is 0 Å². The van der Waals surface area contributed by atoms with Crippen LogP contribution in [0.25, 0.3) is 10.9 Å². The number of aromatic amines is 1. The van der Waals surface area contributed by atoms with Crippen LogP contribution in [0.4, 0.5) is 0 Å². The third-order valence-corrected chi connectivity index (χ3v) is 5.72. The summed E-state index contributed by atoms with van der Waals surface area (Å²) >= 11 is 5.29. The number of carbonyl (C=O) groups is 1. The van der Waals surface area contributed by atoms with E-state index in [9.17, 15) is 9.59 Å². The number of nitrogens with zero attached hydrogens (tertiary/aromatic N) is 3. The van der Waals surface area contributed by atoms with Crippen molar-refractivity contribution < 1.29 is 9.53 Å². The number of hydrogen-bond acceptors (Lipinski definition) is 5. The Labute approximate surface area is 189 Å². The van der Waals surface area contributed by atoms with Crippen LogP contribution >= 0.6 is 12.2 Å². The smallest absolute Gasteiger partial charge is 0.262 e. The fourth-order valence-electron chi connectivity index (χ4n) is 3.74. The Balaban J connectivity index is 1.76. The van der Waals surface area contributed by atoms with Gasteiger partial charge in [0, 0.05) is 37.1 Å². The van der Waals surface area contributed by atoms with Crippen LogP contribution in [-0.4, -0.2) is 32.1 Å². The van der Waals surface area contributed by atoms with Crippen LogP contribution in [0.5, 0.6) is 5.75 Å². The molecule has 0 radical (unpaired) electrons. The maximum absolute atomic E-state index is 13.3. The number of methoxy groups -OCH3 is 1. The molecule has 0 aliphatic heterocycles. The molecule has 0 aliphatic carbocycles. The van der Waals surface area contributed by atoms with Gasteiger partial charge in [0.15, 0.2) is 4.77 Å². The number of fused-ring (bicyclic) bond motifs is 1. The second kappa shape index (κ2) is 8.80. The maximum Gasteiger partial charge on any atom is 0.262 e. The van der Waals surface area contributed by atoms with Crippen LogP contribution in [-0.2, 0) is 13.6 Å². The highest BCUT2D eigenvalue weighted by Gasteiger charge is 2.24. The largest absolute Gasteiger partial charge is 0.496 e. The van der Waals surface area contributed by atoms with Gasteiger partial charge in [-0.05, 0) is 43.4 Å². The van der Waals surface area contributed by atoms with Crippen molar-refractivity contribution in [3.8, 4) is 5.75 Å². The number of nitrogens with one attached hydrogen (secondary N) is 2. The van der Waals surface area contributed by atoms with Crippen molar-refractivity contribution in [2.45, 2.75) is 19.5 Å². The lowest BCUT2D eigenvalue weighted by Crippen LogP contribution is -2.31. The van der Waals surface area contributed by atoms with Crippen molar-refractivity contribution in [2.75, 3.05) is 7.11 Å². The molecule has 2 N–H and O–H groups in total. The van der Waals surface area contributed by atoms with Crippen LogP contribution < -0.4 is 15.6 Å². The highest BCUT2D eigenvalue weighted by atomic mass is 32.1. The Hall–Kier alpha value is -3.72. The Morgan fingerprint density at radius 2 is 2.06 bits per heavy atom. The summed E-state index contributed by atoms with van der Waals surface area (Å²) in [4.78, 5) is 33.4. The van der Waals surface area contributed by atoms with Gasteiger partial charge in [-0.3, -0.25) is 14.2 Å². The van der Waals surface area contributed by atoms with Gasteiger partial charge in [0.25, 0.3) is 11.5 Å². The van der Waals surface area contributed by atoms with E-state index in [4.69, 9.17) is 17.0 Å². The molecule has 32 heavy (non-hydrogen) atoms. The number of aromatic nitrogens is 4. The highest BCUT2D eigenvalue weighted by Crippen LogP contribution is 2.29. The number of amides is 1. The summed E-state index contributed by atoms with van der Waals surface area (Å²) in [5, 5.41) is 3.53. The lowest BCUT2D eigenvalue weighted by Gasteiger charge is -2.21. The molecule has 4 aromatic rings. The lowest BCUT2D eigenvalue weighted by atomic mass is 10.0. The average molecular weight is 450 g/mol. The first-order chi connectivity index (χ1) is 15.4. The van der Waals surface area contributed by atoms with E-state index in [0.29, 0.717) is 39.4 Å². The fourth-order valence-corrected chi connectivity index (χ4v) is 4.06. The Kier molecular flexibility index (Phi) is 5.91. The molecular weight excluding hydrogens is 426 g/mol. The molecule has 1 atom stereocenters. The van der Waals surface area contributed by atoms with Crippen molar-refractivity contribution in [1.82, 2.24) is 24.4 Å². The standard InChI is InChI=1S/C23H23N5O3S/c1-4-28-22(30)15-10-9-14(13-17(15)25-23(28)32)21(29)26-19(20-24-11-12-27(20)2)16-7-5-6-8-18(16)31-3/h5-13,19H,4H2,1-3H3,(H,25,32)(H,26,29). The normalized spacial score (nSPS) is 12.0. The van der Waals surface area contributed by atoms with Crippen LogP contribution in [0.2, 0.25) is 0 Å². The van der Waals surface area contributed by atoms with Gasteiger partial charge < -0.3 is 19.6 Å². The first kappa shape index (κ1) is 21.5. The van der Waals surface area contributed by atoms with Gasteiger partial charge in [-0.15, -0.1) is 0 Å². The second-order valence-corrected chi connectivity index (χ2v) is 7.67. The zero-order valence-electron chi connectivity index (χ0n) is 18.0. The Morgan fingerprint density at radius 3 is 2.75 bits per heavy atom. The fraction of sp³-hybridized carbons (Fsp3) is 0.217. The summed E-state index contributed by atoms with van der Waals surface area (Å²) in [5.41, 5.74) is 1.51. The van der Waals surface area contributed by atoms with Gasteiger partial charge in [0.2, 0.25) is 0 Å². The molecule has 0 saturated carbocycles. The number of para-hydroxylation sites is 1. The van der Waals surface area contributed by atoms with E-state index in [0.717, 1.165) is 5.56 Å². The van der Waals surface area contributed by atoms with E-state index >= 15 is 0 Å². The molecular formula is C23H23N5O3S. The minimum absolute atomic E-state index is 0.182. The van der Waals surface area contributed by atoms with Gasteiger partial charge >= 0.3 is 0 Å². The summed E-state index contributed by atoms with van der Waals surface area (Å²) in [5.74, 6) is 0.988. The molecule has 1 amide bonds. The van der Waals surface area contributed by atoms with E-state index in [1.54, 1.807) is 31.5 Å². The Morgan fingerprint density at radius 1 is 1.28 bits per heavy atom. The molecule has 2 heterocycles. The number of H-pyrrole nitrogens is 1. The summed E-state index contributed by atoms with van der Waals surface area (Å²) in [6, 6.07) is 11.9. The molecule has 8 nitrogen and oxygen atoms in total. The lowest BCUT2D eigenvalue weighted by molar-refractivity contribution is 0.0941. The van der Waals surface area contributed by atoms with E-state index in [2.05, 4.69) is 15.3 Å². The summed E-state index contributed by atoms with van der Waals surface area (Å²) in [6.45, 7) is 2.32. The van der Waals surface area contributed by atoms with E-state index in [-0.39, 0.29) is 11.5 Å². The minimum atomic E-state index is -0.541. The van der Waals surface area contributed by atoms with E-state index in [1.807, 2.05) is 49.0 Å². The quantitative estimate of drug-likeness (QED) is 0.441. The van der Waals surface area contributed by atoms with Crippen molar-refractivity contribution in [2.24, 2.45) is 7.05 Å². The molecule has 0 aliphatic rings. The predicted octanol–water partition coefficient (Wildman–Crippen LogP) is 3.34. The van der Waals surface area contributed by atoms with E-state index < -0.39 is 6.04 Å². The van der Waals surface area contributed by atoms with Crippen LogP contribution in [0, 0.1) is 4.77 Å². The predicted molar refractivity (Wildman–Crippen MR) is 125 cm³/mol. The number of aryl methyl sites for hydroxylation is 1. The zero-order chi connectivity index (χ0) is 22.8. The molecule has 9 heteroatoms. The maximum atomic E-state index is 13.3. The van der Waals surface area contributed by atoms with Crippen molar-refractivity contribution in [1.29, 1.82) is 0 Å². The van der Waals surface area contributed by atoms with Crippen LogP contribution in [0.3, 0.4) is 0 Å². The topological polar surface area (TPSA) is 93.9 Å². The van der Waals surface area contributed by atoms with Gasteiger partial charge in [-0.1, -0.05) is 18.2 Å². The molecule has 0 spiro atoms. The number of imidazole rings is 1. The van der Waals surface area contributed by atoms with E-state index in [1.165, 1.54) is 4.57 Å². The monoisotopic (exact) mass is 449 g/mol. The van der Waals surface area contributed by atoms with Crippen LogP contribution in [0.15, 0.2) is 59.7 Å². The molecule has 2 aromatic carbocycles. The number of ether oxygens (including phenoxy) is 1. The summed E-state index contributed by atoms with van der Waals surface area (Å²) in [6.07, 6.45) is 3.50. The first-order valence-electron chi connectivity index (χ1n) is 10.1. The van der Waals surface area contributed by atoms with Gasteiger partial charge in [0.1, 0.15) is 17.6 Å². The number of rotatable bonds is 6. The Bertz CT molecular complexity index is 1420. The van der Waals surface area contributed by atoms with Crippen LogP contribution in [0.1, 0.15) is 34.7 Å². The van der Waals surface area contributed by atoms with Gasteiger partial charge in [0.05, 0.1) is 18.0 Å². The first-order valence-corrected chi connectivity index (χ1v) is 10.5. The third kappa shape index (κ3) is 3.82. The average Bonchev–Trinajstić information content (AvgIpc) is 3.22. The third-order valence-electron chi connectivity index (χ3n) is 5.40. The SMILES string of the molecule is CCn1c(=S)[nH]c2cc(C(=O)NC(c3ccccc3OC)c3nccn3C)ccc2c1=O. The number of hydrogen-bond donors (Lipinski definition) is 2. The van der Waals surface area contributed by atoms with Crippen molar-refractivity contribution in [3.63, 3.8) is 0 Å². The molecule has 4 rings (SSSR count).